The molecule has 2 saturated heterocycles. The van der Waals surface area contributed by atoms with E-state index in [1.807, 2.05) is 0 Å². The van der Waals surface area contributed by atoms with Crippen molar-refractivity contribution in [2.45, 2.75) is 58.0 Å². The number of para-hydroxylation sites is 1. The van der Waals surface area contributed by atoms with E-state index in [0.29, 0.717) is 6.61 Å². The van der Waals surface area contributed by atoms with Crippen LogP contribution in [0.5, 0.6) is 0 Å². The molecule has 0 aliphatic carbocycles. The molecule has 2 aromatic heterocycles. The van der Waals surface area contributed by atoms with Crippen molar-refractivity contribution in [2.75, 3.05) is 24.6 Å². The van der Waals surface area contributed by atoms with Crippen LogP contribution in [0.15, 0.2) is 60.8 Å². The second-order valence-corrected chi connectivity index (χ2v) is 9.63. The number of pyridine rings is 1. The topological polar surface area (TPSA) is 39.5 Å². The maximum absolute atomic E-state index is 6.05. The molecule has 1 atom stereocenters. The number of rotatable bonds is 6. The maximum atomic E-state index is 6.05. The minimum absolute atomic E-state index is 0.0637. The zero-order chi connectivity index (χ0) is 22.7. The average molecular weight is 456 g/mol. The number of fused-ring (bicyclic) bond motifs is 3. The smallest absolute Gasteiger partial charge is 0.158 e. The summed E-state index contributed by atoms with van der Waals surface area (Å²) in [5, 5.41) is 2.56. The van der Waals surface area contributed by atoms with Crippen molar-refractivity contribution >= 4 is 27.6 Å². The van der Waals surface area contributed by atoms with Gasteiger partial charge in [0.05, 0.1) is 6.61 Å². The van der Waals surface area contributed by atoms with Crippen LogP contribution < -0.4 is 4.90 Å². The van der Waals surface area contributed by atoms with Crippen molar-refractivity contribution in [3.8, 4) is 0 Å². The van der Waals surface area contributed by atoms with Crippen LogP contribution in [0.25, 0.3) is 21.8 Å². The van der Waals surface area contributed by atoms with Crippen LogP contribution in [-0.2, 0) is 22.6 Å². The number of benzene rings is 2. The highest BCUT2D eigenvalue weighted by atomic mass is 16.7. The van der Waals surface area contributed by atoms with Gasteiger partial charge in [-0.25, -0.2) is 4.98 Å². The van der Waals surface area contributed by atoms with Crippen molar-refractivity contribution in [3.05, 3.63) is 71.9 Å². The molecule has 2 aromatic carbocycles. The minimum Gasteiger partial charge on any atom is -0.357 e. The molecule has 0 N–H and O–H groups in total. The van der Waals surface area contributed by atoms with E-state index in [1.165, 1.54) is 58.6 Å². The molecular formula is C29H33N3O2. The average Bonchev–Trinajstić information content (AvgIpc) is 3.22. The Hall–Kier alpha value is -2.89. The van der Waals surface area contributed by atoms with Crippen molar-refractivity contribution in [1.29, 1.82) is 0 Å². The molecule has 0 amide bonds. The fourth-order valence-corrected chi connectivity index (χ4v) is 5.40. The quantitative estimate of drug-likeness (QED) is 0.343. The summed E-state index contributed by atoms with van der Waals surface area (Å²) in [5.74, 6) is 1.11. The lowest BCUT2D eigenvalue weighted by atomic mass is 10.1. The Morgan fingerprint density at radius 2 is 1.71 bits per heavy atom. The normalized spacial score (nSPS) is 19.2. The van der Waals surface area contributed by atoms with Crippen molar-refractivity contribution in [3.63, 3.8) is 0 Å². The van der Waals surface area contributed by atoms with Gasteiger partial charge in [0.2, 0.25) is 0 Å². The Kier molecular flexibility index (Phi) is 6.21. The first-order valence-electron chi connectivity index (χ1n) is 12.8. The van der Waals surface area contributed by atoms with E-state index in [-0.39, 0.29) is 6.29 Å². The predicted octanol–water partition coefficient (Wildman–Crippen LogP) is 6.27. The summed E-state index contributed by atoms with van der Waals surface area (Å²) < 4.78 is 14.2. The van der Waals surface area contributed by atoms with Gasteiger partial charge in [-0.05, 0) is 73.9 Å². The molecule has 5 nitrogen and oxygen atoms in total. The highest BCUT2D eigenvalue weighted by Gasteiger charge is 2.16. The van der Waals surface area contributed by atoms with Gasteiger partial charge < -0.3 is 18.9 Å². The van der Waals surface area contributed by atoms with E-state index in [2.05, 4.69) is 70.3 Å². The van der Waals surface area contributed by atoms with Crippen LogP contribution in [0.3, 0.4) is 0 Å². The molecule has 2 aliphatic rings. The van der Waals surface area contributed by atoms with Gasteiger partial charge in [0.1, 0.15) is 5.82 Å². The highest BCUT2D eigenvalue weighted by Crippen LogP contribution is 2.31. The third kappa shape index (κ3) is 4.42. The molecule has 0 spiro atoms. The lowest BCUT2D eigenvalue weighted by Crippen LogP contribution is -2.30. The maximum Gasteiger partial charge on any atom is 0.158 e. The SMILES string of the molecule is c1ccc2c(c1)c1cc(COC3CCCCO3)ccc1n2Cc1ccc(N2CCCCC2)nc1. The third-order valence-corrected chi connectivity index (χ3v) is 7.24. The first kappa shape index (κ1) is 21.6. The van der Waals surface area contributed by atoms with E-state index in [0.717, 1.165) is 44.9 Å². The molecule has 6 rings (SSSR count). The van der Waals surface area contributed by atoms with Crippen LogP contribution in [0, 0.1) is 0 Å². The third-order valence-electron chi connectivity index (χ3n) is 7.24. The number of hydrogen-bond donors (Lipinski definition) is 0. The lowest BCUT2D eigenvalue weighted by molar-refractivity contribution is -0.168. The Bertz CT molecular complexity index is 1250. The summed E-state index contributed by atoms with van der Waals surface area (Å²) in [6, 6.07) is 19.8. The lowest BCUT2D eigenvalue weighted by Gasteiger charge is -2.27. The van der Waals surface area contributed by atoms with E-state index >= 15 is 0 Å². The first-order chi connectivity index (χ1) is 16.8. The van der Waals surface area contributed by atoms with Crippen LogP contribution in [-0.4, -0.2) is 35.5 Å². The second-order valence-electron chi connectivity index (χ2n) is 9.63. The Morgan fingerprint density at radius 1 is 0.853 bits per heavy atom. The fraction of sp³-hybridized carbons (Fsp3) is 0.414. The largest absolute Gasteiger partial charge is 0.357 e. The molecule has 34 heavy (non-hydrogen) atoms. The van der Waals surface area contributed by atoms with Crippen molar-refractivity contribution < 1.29 is 9.47 Å². The standard InChI is InChI=1S/C29H33N3O2/c1-5-15-31(16-6-1)28-14-12-23(19-30-28)20-32-26-9-3-2-8-24(26)25-18-22(11-13-27(25)32)21-34-29-10-4-7-17-33-29/h2-3,8-9,11-14,18-19,29H,1,4-7,10,15-17,20-21H2. The molecule has 0 radical (unpaired) electrons. The van der Waals surface area contributed by atoms with Crippen LogP contribution in [0.2, 0.25) is 0 Å². The van der Waals surface area contributed by atoms with E-state index in [9.17, 15) is 0 Å². The molecule has 4 aromatic rings. The molecule has 5 heteroatoms. The molecule has 176 valence electrons. The van der Waals surface area contributed by atoms with Gasteiger partial charge >= 0.3 is 0 Å². The van der Waals surface area contributed by atoms with Gasteiger partial charge in [0.25, 0.3) is 0 Å². The minimum atomic E-state index is -0.0637. The Morgan fingerprint density at radius 3 is 2.53 bits per heavy atom. The Balaban J connectivity index is 1.26. The molecule has 2 aliphatic heterocycles. The molecule has 0 saturated carbocycles. The van der Waals surface area contributed by atoms with E-state index < -0.39 is 0 Å². The fourth-order valence-electron chi connectivity index (χ4n) is 5.40. The van der Waals surface area contributed by atoms with E-state index in [1.54, 1.807) is 0 Å². The molecule has 2 fully saturated rings. The number of nitrogens with zero attached hydrogens (tertiary/aromatic N) is 3. The number of hydrogen-bond acceptors (Lipinski definition) is 4. The molecule has 1 unspecified atom stereocenters. The summed E-state index contributed by atoms with van der Waals surface area (Å²) in [6.45, 7) is 4.45. The summed E-state index contributed by atoms with van der Waals surface area (Å²) in [4.78, 5) is 7.22. The number of ether oxygens (including phenoxy) is 2. The Labute approximate surface area is 201 Å². The monoisotopic (exact) mass is 455 g/mol. The molecule has 0 bridgehead atoms. The van der Waals surface area contributed by atoms with Gasteiger partial charge in [0.15, 0.2) is 6.29 Å². The number of piperidine rings is 1. The van der Waals surface area contributed by atoms with Crippen LogP contribution >= 0.6 is 0 Å². The van der Waals surface area contributed by atoms with Crippen molar-refractivity contribution in [2.24, 2.45) is 0 Å². The van der Waals surface area contributed by atoms with Gasteiger partial charge in [-0.3, -0.25) is 0 Å². The zero-order valence-corrected chi connectivity index (χ0v) is 19.8. The van der Waals surface area contributed by atoms with Crippen molar-refractivity contribution in [1.82, 2.24) is 9.55 Å². The number of anilines is 1. The van der Waals surface area contributed by atoms with Gasteiger partial charge in [-0.15, -0.1) is 0 Å². The summed E-state index contributed by atoms with van der Waals surface area (Å²) in [7, 11) is 0. The second kappa shape index (κ2) is 9.77. The predicted molar refractivity (Wildman–Crippen MR) is 137 cm³/mol. The summed E-state index contributed by atoms with van der Waals surface area (Å²) in [5.41, 5.74) is 4.92. The summed E-state index contributed by atoms with van der Waals surface area (Å²) >= 11 is 0. The molecular weight excluding hydrogens is 422 g/mol. The van der Waals surface area contributed by atoms with Gasteiger partial charge in [-0.1, -0.05) is 30.3 Å². The van der Waals surface area contributed by atoms with Gasteiger partial charge in [-0.2, -0.15) is 0 Å². The number of aromatic nitrogens is 2. The first-order valence-corrected chi connectivity index (χ1v) is 12.8. The van der Waals surface area contributed by atoms with Crippen LogP contribution in [0.4, 0.5) is 5.82 Å². The highest BCUT2D eigenvalue weighted by molar-refractivity contribution is 6.08. The van der Waals surface area contributed by atoms with Gasteiger partial charge in [0, 0.05) is 54.2 Å². The van der Waals surface area contributed by atoms with Crippen LogP contribution in [0.1, 0.15) is 49.7 Å². The zero-order valence-electron chi connectivity index (χ0n) is 19.8. The summed E-state index contributed by atoms with van der Waals surface area (Å²) in [6.07, 6.45) is 9.18. The molecule has 4 heterocycles. The van der Waals surface area contributed by atoms with E-state index in [4.69, 9.17) is 14.5 Å².